The van der Waals surface area contributed by atoms with Gasteiger partial charge in [-0.3, -0.25) is 4.90 Å². The van der Waals surface area contributed by atoms with Gasteiger partial charge < -0.3 is 4.74 Å². The minimum absolute atomic E-state index is 0.418. The van der Waals surface area contributed by atoms with E-state index < -0.39 is 0 Å². The van der Waals surface area contributed by atoms with Gasteiger partial charge in [0.15, 0.2) is 0 Å². The van der Waals surface area contributed by atoms with Crippen LogP contribution in [-0.2, 0) is 4.74 Å². The molecule has 0 saturated carbocycles. The van der Waals surface area contributed by atoms with E-state index in [1.807, 2.05) is 0 Å². The largest absolute Gasteiger partial charge is 0.373 e. The molecule has 0 N–H and O–H groups in total. The van der Waals surface area contributed by atoms with Crippen molar-refractivity contribution in [1.29, 1.82) is 0 Å². The first-order chi connectivity index (χ1) is 10.2. The average molecular weight is 298 g/mol. The molecule has 0 amide bonds. The molecule has 2 nitrogen and oxygen atoms in total. The van der Waals surface area contributed by atoms with Crippen LogP contribution >= 0.6 is 0 Å². The van der Waals surface area contributed by atoms with Crippen LogP contribution in [0.3, 0.4) is 0 Å². The van der Waals surface area contributed by atoms with Crippen molar-refractivity contribution in [1.82, 2.24) is 4.90 Å². The number of hydrogen-bond acceptors (Lipinski definition) is 2. The third-order valence-electron chi connectivity index (χ3n) is 4.57. The maximum Gasteiger partial charge on any atom is 0.0678 e. The normalized spacial score (nSPS) is 23.6. The van der Waals surface area contributed by atoms with Gasteiger partial charge in [-0.25, -0.2) is 0 Å². The molecule has 1 heterocycles. The van der Waals surface area contributed by atoms with E-state index >= 15 is 0 Å². The van der Waals surface area contributed by atoms with Crippen molar-refractivity contribution in [2.75, 3.05) is 19.6 Å². The fourth-order valence-electron chi connectivity index (χ4n) is 3.47. The summed E-state index contributed by atoms with van der Waals surface area (Å²) in [5.41, 5.74) is 0. The second-order valence-electron chi connectivity index (χ2n) is 7.05. The van der Waals surface area contributed by atoms with Crippen LogP contribution in [-0.4, -0.2) is 36.7 Å². The fraction of sp³-hybridized carbons (Fsp3) is 1.00. The molecule has 0 aromatic carbocycles. The second-order valence-corrected chi connectivity index (χ2v) is 7.05. The molecule has 2 atom stereocenters. The molecular weight excluding hydrogens is 258 g/mol. The third-order valence-corrected chi connectivity index (χ3v) is 4.57. The summed E-state index contributed by atoms with van der Waals surface area (Å²) in [6, 6.07) is 0. The molecule has 1 aliphatic heterocycles. The summed E-state index contributed by atoms with van der Waals surface area (Å²) in [4.78, 5) is 2.59. The summed E-state index contributed by atoms with van der Waals surface area (Å²) in [7, 11) is 0. The van der Waals surface area contributed by atoms with Gasteiger partial charge in [0.25, 0.3) is 0 Å². The number of unbranched alkanes of at least 4 members (excludes halogenated alkanes) is 10. The molecule has 0 aromatic heterocycles. The lowest BCUT2D eigenvalue weighted by molar-refractivity contribution is -0.0681. The van der Waals surface area contributed by atoms with Gasteiger partial charge in [-0.1, -0.05) is 71.1 Å². The first kappa shape index (κ1) is 19.0. The van der Waals surface area contributed by atoms with E-state index in [-0.39, 0.29) is 0 Å². The van der Waals surface area contributed by atoms with Gasteiger partial charge in [0.1, 0.15) is 0 Å². The maximum atomic E-state index is 5.78. The van der Waals surface area contributed by atoms with E-state index in [0.29, 0.717) is 12.2 Å². The molecule has 0 spiro atoms. The van der Waals surface area contributed by atoms with Gasteiger partial charge in [-0.05, 0) is 26.8 Å². The van der Waals surface area contributed by atoms with Crippen LogP contribution in [0, 0.1) is 0 Å². The third kappa shape index (κ3) is 10.3. The van der Waals surface area contributed by atoms with Crippen LogP contribution in [0.5, 0.6) is 0 Å². The molecule has 1 fully saturated rings. The van der Waals surface area contributed by atoms with E-state index in [1.54, 1.807) is 0 Å². The fourth-order valence-corrected chi connectivity index (χ4v) is 3.47. The lowest BCUT2D eigenvalue weighted by atomic mass is 10.1. The highest BCUT2D eigenvalue weighted by Crippen LogP contribution is 2.14. The Labute approximate surface area is 133 Å². The number of hydrogen-bond donors (Lipinski definition) is 0. The van der Waals surface area contributed by atoms with Crippen LogP contribution < -0.4 is 0 Å². The van der Waals surface area contributed by atoms with Gasteiger partial charge in [-0.15, -0.1) is 0 Å². The van der Waals surface area contributed by atoms with E-state index in [4.69, 9.17) is 4.74 Å². The zero-order valence-corrected chi connectivity index (χ0v) is 14.9. The molecule has 126 valence electrons. The van der Waals surface area contributed by atoms with Crippen LogP contribution in [0.2, 0.25) is 0 Å². The zero-order valence-electron chi connectivity index (χ0n) is 14.9. The molecule has 0 unspecified atom stereocenters. The molecule has 0 aromatic rings. The summed E-state index contributed by atoms with van der Waals surface area (Å²) in [6.45, 7) is 10.2. The standard InChI is InChI=1S/C19H39NO/c1-4-5-6-7-8-9-10-11-12-13-14-15-20-16-18(2)21-19(3)17-20/h18-19H,4-17H2,1-3H3/t18-,19-/m0/s1. The molecular formula is C19H39NO. The van der Waals surface area contributed by atoms with Crippen molar-refractivity contribution in [3.05, 3.63) is 0 Å². The highest BCUT2D eigenvalue weighted by molar-refractivity contribution is 4.72. The molecule has 2 heteroatoms. The molecule has 1 saturated heterocycles. The van der Waals surface area contributed by atoms with Crippen LogP contribution in [0.25, 0.3) is 0 Å². The van der Waals surface area contributed by atoms with Crippen LogP contribution in [0.4, 0.5) is 0 Å². The summed E-state index contributed by atoms with van der Waals surface area (Å²) in [5, 5.41) is 0. The molecule has 0 radical (unpaired) electrons. The number of rotatable bonds is 12. The Morgan fingerprint density at radius 2 is 1.14 bits per heavy atom. The SMILES string of the molecule is CCCCCCCCCCCCCN1C[C@H](C)O[C@@H](C)C1. The molecule has 1 rings (SSSR count). The van der Waals surface area contributed by atoms with Crippen LogP contribution in [0.15, 0.2) is 0 Å². The van der Waals surface area contributed by atoms with Crippen molar-refractivity contribution < 1.29 is 4.74 Å². The molecule has 0 bridgehead atoms. The lowest BCUT2D eigenvalue weighted by Gasteiger charge is -2.35. The minimum atomic E-state index is 0.418. The second kappa shape index (κ2) is 12.5. The van der Waals surface area contributed by atoms with E-state index in [0.717, 1.165) is 13.1 Å². The van der Waals surface area contributed by atoms with Gasteiger partial charge in [0, 0.05) is 13.1 Å². The van der Waals surface area contributed by atoms with E-state index in [9.17, 15) is 0 Å². The maximum absolute atomic E-state index is 5.78. The smallest absolute Gasteiger partial charge is 0.0678 e. The Kier molecular flexibility index (Phi) is 11.3. The highest BCUT2D eigenvalue weighted by atomic mass is 16.5. The zero-order chi connectivity index (χ0) is 15.3. The van der Waals surface area contributed by atoms with E-state index in [2.05, 4.69) is 25.7 Å². The van der Waals surface area contributed by atoms with Crippen molar-refractivity contribution in [3.63, 3.8) is 0 Å². The van der Waals surface area contributed by atoms with Crippen molar-refractivity contribution in [2.45, 2.75) is 104 Å². The Bertz CT molecular complexity index is 222. The summed E-state index contributed by atoms with van der Waals surface area (Å²) < 4.78 is 5.78. The summed E-state index contributed by atoms with van der Waals surface area (Å²) in [5.74, 6) is 0. The van der Waals surface area contributed by atoms with Crippen molar-refractivity contribution in [2.24, 2.45) is 0 Å². The first-order valence-electron chi connectivity index (χ1n) is 9.60. The lowest BCUT2D eigenvalue weighted by Crippen LogP contribution is -2.45. The Morgan fingerprint density at radius 3 is 1.62 bits per heavy atom. The number of ether oxygens (including phenoxy) is 1. The van der Waals surface area contributed by atoms with Gasteiger partial charge in [0.05, 0.1) is 12.2 Å². The van der Waals surface area contributed by atoms with Gasteiger partial charge in [-0.2, -0.15) is 0 Å². The summed E-state index contributed by atoms with van der Waals surface area (Å²) >= 11 is 0. The molecule has 21 heavy (non-hydrogen) atoms. The van der Waals surface area contributed by atoms with Gasteiger partial charge >= 0.3 is 0 Å². The van der Waals surface area contributed by atoms with E-state index in [1.165, 1.54) is 77.2 Å². The minimum Gasteiger partial charge on any atom is -0.373 e. The molecule has 0 aliphatic carbocycles. The predicted molar refractivity (Wildman–Crippen MR) is 92.9 cm³/mol. The number of morpholine rings is 1. The van der Waals surface area contributed by atoms with Crippen LogP contribution in [0.1, 0.15) is 91.4 Å². The first-order valence-corrected chi connectivity index (χ1v) is 9.60. The Morgan fingerprint density at radius 1 is 0.714 bits per heavy atom. The molecule has 1 aliphatic rings. The number of nitrogens with zero attached hydrogens (tertiary/aromatic N) is 1. The summed E-state index contributed by atoms with van der Waals surface area (Å²) in [6.07, 6.45) is 16.6. The van der Waals surface area contributed by atoms with Crippen molar-refractivity contribution >= 4 is 0 Å². The van der Waals surface area contributed by atoms with Gasteiger partial charge in [0.2, 0.25) is 0 Å². The quantitative estimate of drug-likeness (QED) is 0.447. The highest BCUT2D eigenvalue weighted by Gasteiger charge is 2.21. The Hall–Kier alpha value is -0.0800. The topological polar surface area (TPSA) is 12.5 Å². The monoisotopic (exact) mass is 297 g/mol. The Balaban J connectivity index is 1.82. The average Bonchev–Trinajstić information content (AvgIpc) is 2.44. The predicted octanol–water partition coefficient (Wildman–Crippen LogP) is 5.41. The van der Waals surface area contributed by atoms with Crippen molar-refractivity contribution in [3.8, 4) is 0 Å².